The second kappa shape index (κ2) is 8.33. The van der Waals surface area contributed by atoms with Crippen molar-refractivity contribution in [2.45, 2.75) is 58.4 Å². The molecule has 0 spiro atoms. The topological polar surface area (TPSA) is 20.3 Å². The Morgan fingerprint density at radius 2 is 1.95 bits per heavy atom. The predicted molar refractivity (Wildman–Crippen MR) is 88.7 cm³/mol. The van der Waals surface area contributed by atoms with Gasteiger partial charge in [-0.25, -0.2) is 0 Å². The van der Waals surface area contributed by atoms with Crippen LogP contribution in [0.2, 0.25) is 0 Å². The number of likely N-dealkylation sites (tertiary alicyclic amines) is 1. The monoisotopic (exact) mass is 287 g/mol. The molecule has 2 atom stereocenters. The Bertz CT molecular complexity index is 428. The fourth-order valence-electron chi connectivity index (χ4n) is 3.60. The molecule has 2 heteroatoms. The number of ketones is 1. The van der Waals surface area contributed by atoms with Crippen LogP contribution in [0, 0.1) is 5.92 Å². The third-order valence-corrected chi connectivity index (χ3v) is 4.77. The fourth-order valence-corrected chi connectivity index (χ4v) is 3.60. The number of hydrogen-bond donors (Lipinski definition) is 0. The zero-order valence-corrected chi connectivity index (χ0v) is 13.6. The van der Waals surface area contributed by atoms with E-state index in [1.165, 1.54) is 32.1 Å². The van der Waals surface area contributed by atoms with Crippen molar-refractivity contribution in [3.05, 3.63) is 35.9 Å². The first-order valence-corrected chi connectivity index (χ1v) is 8.59. The molecule has 1 aliphatic rings. The zero-order valence-electron chi connectivity index (χ0n) is 13.6. The van der Waals surface area contributed by atoms with Gasteiger partial charge in [-0.1, -0.05) is 57.0 Å². The number of benzene rings is 1. The summed E-state index contributed by atoms with van der Waals surface area (Å²) in [7, 11) is 0. The van der Waals surface area contributed by atoms with Gasteiger partial charge in [-0.3, -0.25) is 9.69 Å². The van der Waals surface area contributed by atoms with Crippen LogP contribution in [-0.4, -0.2) is 29.8 Å². The molecule has 1 aromatic carbocycles. The maximum absolute atomic E-state index is 12.8. The third-order valence-electron chi connectivity index (χ3n) is 4.77. The van der Waals surface area contributed by atoms with E-state index in [2.05, 4.69) is 18.7 Å². The molecule has 116 valence electrons. The minimum absolute atomic E-state index is 0.0628. The largest absolute Gasteiger partial charge is 0.293 e. The molecule has 1 saturated heterocycles. The molecule has 0 saturated carbocycles. The third kappa shape index (κ3) is 4.41. The van der Waals surface area contributed by atoms with Crippen LogP contribution < -0.4 is 0 Å². The normalized spacial score (nSPS) is 21.7. The van der Waals surface area contributed by atoms with Gasteiger partial charge in [-0.15, -0.1) is 0 Å². The SMILES string of the molecule is CCCC1CCCN(C(CC)C(=O)c2ccccc2)CC1. The molecule has 0 bridgehead atoms. The molecule has 0 aromatic heterocycles. The number of hydrogen-bond acceptors (Lipinski definition) is 2. The lowest BCUT2D eigenvalue weighted by Gasteiger charge is -2.29. The van der Waals surface area contributed by atoms with Gasteiger partial charge in [0.15, 0.2) is 5.78 Å². The lowest BCUT2D eigenvalue weighted by Crippen LogP contribution is -2.41. The average molecular weight is 287 g/mol. The Labute approximate surface area is 129 Å². The number of Topliss-reactive ketones (excluding diaryl/α,β-unsaturated/α-hetero) is 1. The molecule has 2 rings (SSSR count). The average Bonchev–Trinajstić information content (AvgIpc) is 2.75. The predicted octanol–water partition coefficient (Wildman–Crippen LogP) is 4.55. The van der Waals surface area contributed by atoms with Gasteiger partial charge in [-0.05, 0) is 44.7 Å². The van der Waals surface area contributed by atoms with Gasteiger partial charge < -0.3 is 0 Å². The lowest BCUT2D eigenvalue weighted by molar-refractivity contribution is 0.0814. The Morgan fingerprint density at radius 3 is 2.62 bits per heavy atom. The van der Waals surface area contributed by atoms with E-state index in [1.807, 2.05) is 30.3 Å². The molecule has 21 heavy (non-hydrogen) atoms. The van der Waals surface area contributed by atoms with Crippen LogP contribution in [0.4, 0.5) is 0 Å². The van der Waals surface area contributed by atoms with Crippen molar-refractivity contribution in [2.75, 3.05) is 13.1 Å². The van der Waals surface area contributed by atoms with Crippen molar-refractivity contribution in [3.8, 4) is 0 Å². The first-order chi connectivity index (χ1) is 10.3. The zero-order chi connectivity index (χ0) is 15.1. The fraction of sp³-hybridized carbons (Fsp3) is 0.632. The van der Waals surface area contributed by atoms with E-state index < -0.39 is 0 Å². The van der Waals surface area contributed by atoms with Crippen molar-refractivity contribution in [2.24, 2.45) is 5.92 Å². The maximum atomic E-state index is 12.8. The quantitative estimate of drug-likeness (QED) is 0.715. The van der Waals surface area contributed by atoms with Crippen LogP contribution in [0.5, 0.6) is 0 Å². The smallest absolute Gasteiger partial charge is 0.179 e. The number of carbonyl (C=O) groups excluding carboxylic acids is 1. The second-order valence-corrected chi connectivity index (χ2v) is 6.28. The van der Waals surface area contributed by atoms with E-state index >= 15 is 0 Å². The number of rotatable bonds is 6. The Morgan fingerprint density at radius 1 is 1.19 bits per heavy atom. The van der Waals surface area contributed by atoms with Crippen LogP contribution in [0.25, 0.3) is 0 Å². The van der Waals surface area contributed by atoms with Crippen molar-refractivity contribution < 1.29 is 4.79 Å². The molecular formula is C19H29NO. The standard InChI is InChI=1S/C19H29NO/c1-3-9-16-10-8-14-20(15-13-16)18(4-2)19(21)17-11-6-5-7-12-17/h5-7,11-12,16,18H,3-4,8-10,13-15H2,1-2H3. The van der Waals surface area contributed by atoms with Gasteiger partial charge in [0.25, 0.3) is 0 Å². The van der Waals surface area contributed by atoms with Crippen molar-refractivity contribution in [1.82, 2.24) is 4.90 Å². The van der Waals surface area contributed by atoms with Crippen molar-refractivity contribution >= 4 is 5.78 Å². The molecule has 0 aliphatic carbocycles. The highest BCUT2D eigenvalue weighted by molar-refractivity contribution is 6.00. The Balaban J connectivity index is 2.02. The van der Waals surface area contributed by atoms with E-state index in [0.717, 1.165) is 31.0 Å². The summed E-state index contributed by atoms with van der Waals surface area (Å²) in [4.78, 5) is 15.2. The summed E-state index contributed by atoms with van der Waals surface area (Å²) < 4.78 is 0. The molecule has 2 unspecified atom stereocenters. The molecule has 1 aromatic rings. The van der Waals surface area contributed by atoms with Crippen LogP contribution in [0.3, 0.4) is 0 Å². The van der Waals surface area contributed by atoms with Crippen LogP contribution in [0.15, 0.2) is 30.3 Å². The van der Waals surface area contributed by atoms with E-state index in [0.29, 0.717) is 5.78 Å². The maximum Gasteiger partial charge on any atom is 0.179 e. The van der Waals surface area contributed by atoms with Crippen LogP contribution in [0.1, 0.15) is 62.7 Å². The Kier molecular flexibility index (Phi) is 6.44. The molecule has 0 amide bonds. The van der Waals surface area contributed by atoms with Crippen molar-refractivity contribution in [3.63, 3.8) is 0 Å². The van der Waals surface area contributed by atoms with Gasteiger partial charge in [-0.2, -0.15) is 0 Å². The molecule has 1 aliphatic heterocycles. The summed E-state index contributed by atoms with van der Waals surface area (Å²) in [6, 6.07) is 9.84. The van der Waals surface area contributed by atoms with E-state index in [-0.39, 0.29) is 6.04 Å². The highest BCUT2D eigenvalue weighted by Crippen LogP contribution is 2.24. The summed E-state index contributed by atoms with van der Waals surface area (Å²) in [5.74, 6) is 1.16. The molecule has 1 fully saturated rings. The minimum Gasteiger partial charge on any atom is -0.293 e. The van der Waals surface area contributed by atoms with E-state index in [1.54, 1.807) is 0 Å². The van der Waals surface area contributed by atoms with Gasteiger partial charge in [0.2, 0.25) is 0 Å². The number of carbonyl (C=O) groups is 1. The van der Waals surface area contributed by atoms with E-state index in [4.69, 9.17) is 0 Å². The highest BCUT2D eigenvalue weighted by atomic mass is 16.1. The first-order valence-electron chi connectivity index (χ1n) is 8.59. The van der Waals surface area contributed by atoms with Gasteiger partial charge >= 0.3 is 0 Å². The molecule has 1 heterocycles. The van der Waals surface area contributed by atoms with E-state index in [9.17, 15) is 4.79 Å². The van der Waals surface area contributed by atoms with Crippen LogP contribution in [-0.2, 0) is 0 Å². The second-order valence-electron chi connectivity index (χ2n) is 6.28. The summed E-state index contributed by atoms with van der Waals surface area (Å²) in [5.41, 5.74) is 0.860. The summed E-state index contributed by atoms with van der Waals surface area (Å²) in [6.07, 6.45) is 7.37. The van der Waals surface area contributed by atoms with Gasteiger partial charge in [0.1, 0.15) is 0 Å². The summed E-state index contributed by atoms with van der Waals surface area (Å²) >= 11 is 0. The highest BCUT2D eigenvalue weighted by Gasteiger charge is 2.27. The lowest BCUT2D eigenvalue weighted by atomic mass is 9.96. The summed E-state index contributed by atoms with van der Waals surface area (Å²) in [6.45, 7) is 6.58. The molecule has 0 N–H and O–H groups in total. The minimum atomic E-state index is 0.0628. The Hall–Kier alpha value is -1.15. The molecule has 2 nitrogen and oxygen atoms in total. The number of nitrogens with zero attached hydrogens (tertiary/aromatic N) is 1. The van der Waals surface area contributed by atoms with Crippen LogP contribution >= 0.6 is 0 Å². The van der Waals surface area contributed by atoms with Gasteiger partial charge in [0.05, 0.1) is 6.04 Å². The van der Waals surface area contributed by atoms with Crippen molar-refractivity contribution in [1.29, 1.82) is 0 Å². The molecule has 0 radical (unpaired) electrons. The molecular weight excluding hydrogens is 258 g/mol. The van der Waals surface area contributed by atoms with Gasteiger partial charge in [0, 0.05) is 5.56 Å². The first kappa shape index (κ1) is 16.2. The summed E-state index contributed by atoms with van der Waals surface area (Å²) in [5, 5.41) is 0.